The molecule has 1 unspecified atom stereocenters. The van der Waals surface area contributed by atoms with Gasteiger partial charge in [0.1, 0.15) is 17.6 Å². The Hall–Kier alpha value is -1.78. The molecule has 1 aliphatic heterocycles. The van der Waals surface area contributed by atoms with Gasteiger partial charge in [-0.3, -0.25) is 4.79 Å². The summed E-state index contributed by atoms with van der Waals surface area (Å²) < 4.78 is 18.3. The fourth-order valence-electron chi connectivity index (χ4n) is 2.58. The number of nitrogens with one attached hydrogen (secondary N) is 1. The van der Waals surface area contributed by atoms with Gasteiger partial charge in [0.2, 0.25) is 5.91 Å². The highest BCUT2D eigenvalue weighted by Crippen LogP contribution is 2.26. The largest absolute Gasteiger partial charge is 0.494 e. The lowest BCUT2D eigenvalue weighted by Crippen LogP contribution is -2.45. The lowest BCUT2D eigenvalue weighted by atomic mass is 9.99. The molecular formula is C16H23FN2O2. The van der Waals surface area contributed by atoms with Crippen molar-refractivity contribution in [1.29, 1.82) is 0 Å². The van der Waals surface area contributed by atoms with E-state index >= 15 is 0 Å². The van der Waals surface area contributed by atoms with Crippen molar-refractivity contribution in [2.24, 2.45) is 5.92 Å². The van der Waals surface area contributed by atoms with Gasteiger partial charge < -0.3 is 15.0 Å². The lowest BCUT2D eigenvalue weighted by molar-refractivity contribution is -0.132. The summed E-state index contributed by atoms with van der Waals surface area (Å²) in [5, 5.41) is 3.11. The van der Waals surface area contributed by atoms with Crippen LogP contribution in [0.25, 0.3) is 0 Å². The van der Waals surface area contributed by atoms with Gasteiger partial charge in [-0.1, -0.05) is 6.92 Å². The zero-order chi connectivity index (χ0) is 15.4. The third-order valence-electron chi connectivity index (χ3n) is 4.00. The van der Waals surface area contributed by atoms with Crippen LogP contribution < -0.4 is 10.1 Å². The van der Waals surface area contributed by atoms with Crippen molar-refractivity contribution in [2.75, 3.05) is 25.5 Å². The van der Waals surface area contributed by atoms with Gasteiger partial charge in [0, 0.05) is 19.2 Å². The quantitative estimate of drug-likeness (QED) is 0.928. The number of anilines is 1. The van der Waals surface area contributed by atoms with Crippen LogP contribution >= 0.6 is 0 Å². The van der Waals surface area contributed by atoms with Crippen LogP contribution in [-0.2, 0) is 4.79 Å². The molecule has 0 saturated carbocycles. The first-order chi connectivity index (χ1) is 10.0. The normalized spacial score (nSPS) is 17.4. The number of benzene rings is 1. The Morgan fingerprint density at radius 2 is 2.10 bits per heavy atom. The van der Waals surface area contributed by atoms with Crippen molar-refractivity contribution >= 4 is 11.6 Å². The molecule has 1 saturated heterocycles. The number of halogens is 1. The predicted octanol–water partition coefficient (Wildman–Crippen LogP) is 2.89. The number of rotatable bonds is 4. The van der Waals surface area contributed by atoms with E-state index in [2.05, 4.69) is 12.2 Å². The maximum Gasteiger partial charge on any atom is 0.244 e. The molecule has 0 aromatic heterocycles. The molecule has 5 heteroatoms. The average Bonchev–Trinajstić information content (AvgIpc) is 2.49. The molecule has 21 heavy (non-hydrogen) atoms. The molecular weight excluding hydrogens is 271 g/mol. The minimum Gasteiger partial charge on any atom is -0.494 e. The van der Waals surface area contributed by atoms with E-state index < -0.39 is 0 Å². The molecule has 1 aromatic carbocycles. The third kappa shape index (κ3) is 3.86. The van der Waals surface area contributed by atoms with Gasteiger partial charge in [0.05, 0.1) is 12.8 Å². The first kappa shape index (κ1) is 15.6. The predicted molar refractivity (Wildman–Crippen MR) is 81.0 cm³/mol. The second kappa shape index (κ2) is 6.78. The maximum absolute atomic E-state index is 13.2. The molecule has 0 aliphatic carbocycles. The first-order valence-corrected chi connectivity index (χ1v) is 7.40. The molecule has 116 valence electrons. The minimum absolute atomic E-state index is 0.0771. The highest BCUT2D eigenvalue weighted by molar-refractivity contribution is 5.84. The van der Waals surface area contributed by atoms with Crippen molar-refractivity contribution in [3.8, 4) is 5.75 Å². The number of piperidine rings is 1. The van der Waals surface area contributed by atoms with E-state index in [1.807, 2.05) is 11.8 Å². The zero-order valence-corrected chi connectivity index (χ0v) is 12.9. The van der Waals surface area contributed by atoms with E-state index in [1.165, 1.54) is 19.2 Å². The molecule has 1 atom stereocenters. The van der Waals surface area contributed by atoms with Crippen molar-refractivity contribution in [1.82, 2.24) is 4.90 Å². The van der Waals surface area contributed by atoms with E-state index in [1.54, 1.807) is 6.07 Å². The van der Waals surface area contributed by atoms with Gasteiger partial charge in [-0.25, -0.2) is 4.39 Å². The molecule has 0 radical (unpaired) electrons. The second-order valence-electron chi connectivity index (χ2n) is 5.72. The van der Waals surface area contributed by atoms with Gasteiger partial charge in [0.15, 0.2) is 0 Å². The molecule has 1 heterocycles. The lowest BCUT2D eigenvalue weighted by Gasteiger charge is -2.32. The monoisotopic (exact) mass is 294 g/mol. The van der Waals surface area contributed by atoms with E-state index in [0.717, 1.165) is 25.9 Å². The first-order valence-electron chi connectivity index (χ1n) is 7.40. The zero-order valence-electron chi connectivity index (χ0n) is 12.9. The number of nitrogens with zero attached hydrogens (tertiary/aromatic N) is 1. The summed E-state index contributed by atoms with van der Waals surface area (Å²) in [7, 11) is 1.48. The summed E-state index contributed by atoms with van der Waals surface area (Å²) in [5.41, 5.74) is 0.630. The van der Waals surface area contributed by atoms with Gasteiger partial charge in [0.25, 0.3) is 0 Å². The standard InChI is InChI=1S/C16H23FN2O2/c1-11-6-8-19(9-7-11)16(20)12(2)18-14-5-4-13(17)10-15(14)21-3/h4-5,10-12,18H,6-9H2,1-3H3. The van der Waals surface area contributed by atoms with Crippen LogP contribution in [0.3, 0.4) is 0 Å². The average molecular weight is 294 g/mol. The highest BCUT2D eigenvalue weighted by Gasteiger charge is 2.24. The van der Waals surface area contributed by atoms with Gasteiger partial charge in [-0.15, -0.1) is 0 Å². The summed E-state index contributed by atoms with van der Waals surface area (Å²) in [6.45, 7) is 5.66. The van der Waals surface area contributed by atoms with Gasteiger partial charge in [-0.05, 0) is 37.8 Å². The fourth-order valence-corrected chi connectivity index (χ4v) is 2.58. The highest BCUT2D eigenvalue weighted by atomic mass is 19.1. The Morgan fingerprint density at radius 3 is 2.71 bits per heavy atom. The number of carbonyl (C=O) groups is 1. The van der Waals surface area contributed by atoms with Crippen molar-refractivity contribution in [3.05, 3.63) is 24.0 Å². The molecule has 1 aliphatic rings. The maximum atomic E-state index is 13.2. The summed E-state index contributed by atoms with van der Waals surface area (Å²) in [6.07, 6.45) is 2.11. The van der Waals surface area contributed by atoms with Crippen LogP contribution in [0.15, 0.2) is 18.2 Å². The summed E-state index contributed by atoms with van der Waals surface area (Å²) in [6, 6.07) is 3.89. The molecule has 1 fully saturated rings. The number of methoxy groups -OCH3 is 1. The van der Waals surface area contributed by atoms with Crippen LogP contribution in [0.2, 0.25) is 0 Å². The van der Waals surface area contributed by atoms with Crippen molar-refractivity contribution < 1.29 is 13.9 Å². The van der Waals surface area contributed by atoms with E-state index in [9.17, 15) is 9.18 Å². The Labute approximate surface area is 125 Å². The molecule has 1 aromatic rings. The number of likely N-dealkylation sites (tertiary alicyclic amines) is 1. The van der Waals surface area contributed by atoms with E-state index in [0.29, 0.717) is 17.4 Å². The van der Waals surface area contributed by atoms with Crippen LogP contribution in [-0.4, -0.2) is 37.0 Å². The van der Waals surface area contributed by atoms with Gasteiger partial charge in [-0.2, -0.15) is 0 Å². The number of hydrogen-bond donors (Lipinski definition) is 1. The van der Waals surface area contributed by atoms with Crippen molar-refractivity contribution in [2.45, 2.75) is 32.7 Å². The smallest absolute Gasteiger partial charge is 0.244 e. The van der Waals surface area contributed by atoms with Crippen LogP contribution in [0.5, 0.6) is 5.75 Å². The topological polar surface area (TPSA) is 41.6 Å². The van der Waals surface area contributed by atoms with Crippen LogP contribution in [0, 0.1) is 11.7 Å². The number of hydrogen-bond acceptors (Lipinski definition) is 3. The Balaban J connectivity index is 2.00. The van der Waals surface area contributed by atoms with Crippen molar-refractivity contribution in [3.63, 3.8) is 0 Å². The number of amides is 1. The van der Waals surface area contributed by atoms with Crippen LogP contribution in [0.1, 0.15) is 26.7 Å². The molecule has 4 nitrogen and oxygen atoms in total. The molecule has 1 N–H and O–H groups in total. The Morgan fingerprint density at radius 1 is 1.43 bits per heavy atom. The Kier molecular flexibility index (Phi) is 5.04. The van der Waals surface area contributed by atoms with E-state index in [-0.39, 0.29) is 17.8 Å². The third-order valence-corrected chi connectivity index (χ3v) is 4.00. The van der Waals surface area contributed by atoms with E-state index in [4.69, 9.17) is 4.74 Å². The molecule has 2 rings (SSSR count). The van der Waals surface area contributed by atoms with Crippen LogP contribution in [0.4, 0.5) is 10.1 Å². The molecule has 1 amide bonds. The summed E-state index contributed by atoms with van der Waals surface area (Å²) in [5.74, 6) is 0.811. The SMILES string of the molecule is COc1cc(F)ccc1NC(C)C(=O)N1CCC(C)CC1. The summed E-state index contributed by atoms with van der Waals surface area (Å²) in [4.78, 5) is 14.3. The number of ether oxygens (including phenoxy) is 1. The minimum atomic E-state index is -0.363. The Bertz CT molecular complexity index is 499. The number of carbonyl (C=O) groups excluding carboxylic acids is 1. The second-order valence-corrected chi connectivity index (χ2v) is 5.72. The summed E-state index contributed by atoms with van der Waals surface area (Å²) >= 11 is 0. The molecule has 0 spiro atoms. The van der Waals surface area contributed by atoms with Gasteiger partial charge >= 0.3 is 0 Å². The molecule has 0 bridgehead atoms. The fraction of sp³-hybridized carbons (Fsp3) is 0.562.